The molecule has 0 aromatic rings. The van der Waals surface area contributed by atoms with Crippen molar-refractivity contribution in [1.82, 2.24) is 0 Å². The molecule has 0 radical (unpaired) electrons. The van der Waals surface area contributed by atoms with Crippen LogP contribution in [0.25, 0.3) is 0 Å². The molecule has 4 aliphatic rings. The van der Waals surface area contributed by atoms with Gasteiger partial charge in [-0.1, -0.05) is 44.1 Å². The molecule has 0 amide bonds. The topological polar surface area (TPSA) is 57.5 Å². The van der Waals surface area contributed by atoms with Crippen molar-refractivity contribution in [3.8, 4) is 0 Å². The molecule has 3 nitrogen and oxygen atoms in total. The quantitative estimate of drug-likeness (QED) is 0.718. The average Bonchev–Trinajstić information content (AvgIpc) is 2.86. The highest BCUT2D eigenvalue weighted by molar-refractivity contribution is 6.01. The summed E-state index contributed by atoms with van der Waals surface area (Å²) < 4.78 is 0. The summed E-state index contributed by atoms with van der Waals surface area (Å²) in [6.45, 7) is 6.85. The molecular formula is C22H30O3. The molecule has 25 heavy (non-hydrogen) atoms. The zero-order chi connectivity index (χ0) is 18.0. The van der Waals surface area contributed by atoms with E-state index >= 15 is 0 Å². The summed E-state index contributed by atoms with van der Waals surface area (Å²) >= 11 is 0. The van der Waals surface area contributed by atoms with Crippen LogP contribution in [-0.2, 0) is 4.79 Å². The van der Waals surface area contributed by atoms with Gasteiger partial charge in [-0.15, -0.1) is 0 Å². The van der Waals surface area contributed by atoms with Crippen LogP contribution >= 0.6 is 0 Å². The number of hydrogen-bond donors (Lipinski definition) is 2. The molecule has 0 bridgehead atoms. The molecule has 0 heterocycles. The van der Waals surface area contributed by atoms with E-state index in [0.29, 0.717) is 17.8 Å². The first-order valence-corrected chi connectivity index (χ1v) is 9.75. The van der Waals surface area contributed by atoms with E-state index in [4.69, 9.17) is 0 Å². The highest BCUT2D eigenvalue weighted by atomic mass is 16.3. The van der Waals surface area contributed by atoms with Crippen LogP contribution in [0.4, 0.5) is 0 Å². The number of aliphatic hydroxyl groups is 2. The molecule has 3 heteroatoms. The number of carbonyl (C=O) groups excluding carboxylic acids is 1. The number of allylic oxidation sites excluding steroid dienone is 5. The molecule has 0 aromatic carbocycles. The number of fused-ring (bicyclic) bond motifs is 5. The third kappa shape index (κ3) is 2.28. The lowest BCUT2D eigenvalue weighted by molar-refractivity contribution is -0.113. The van der Waals surface area contributed by atoms with Crippen LogP contribution in [0, 0.1) is 34.5 Å². The van der Waals surface area contributed by atoms with Crippen molar-refractivity contribution in [3.63, 3.8) is 0 Å². The zero-order valence-electron chi connectivity index (χ0n) is 15.5. The second-order valence-corrected chi connectivity index (χ2v) is 9.19. The van der Waals surface area contributed by atoms with Gasteiger partial charge >= 0.3 is 0 Å². The summed E-state index contributed by atoms with van der Waals surface area (Å²) in [6.07, 6.45) is 11.2. The van der Waals surface area contributed by atoms with Gasteiger partial charge in [0.25, 0.3) is 0 Å². The molecule has 136 valence electrons. The summed E-state index contributed by atoms with van der Waals surface area (Å²) in [4.78, 5) is 11.9. The second kappa shape index (κ2) is 5.65. The number of carbonyl (C=O) groups is 1. The van der Waals surface area contributed by atoms with Crippen LogP contribution < -0.4 is 0 Å². The molecule has 3 saturated carbocycles. The number of aliphatic hydroxyl groups excluding tert-OH is 2. The maximum Gasteiger partial charge on any atom is 0.178 e. The van der Waals surface area contributed by atoms with E-state index in [2.05, 4.69) is 26.8 Å². The lowest BCUT2D eigenvalue weighted by Gasteiger charge is -2.59. The molecular weight excluding hydrogens is 312 g/mol. The lowest BCUT2D eigenvalue weighted by atomic mass is 9.46. The Balaban J connectivity index is 1.77. The van der Waals surface area contributed by atoms with Gasteiger partial charge in [-0.25, -0.2) is 0 Å². The van der Waals surface area contributed by atoms with Crippen molar-refractivity contribution in [3.05, 3.63) is 35.5 Å². The minimum Gasteiger partial charge on any atom is -0.393 e. The predicted octanol–water partition coefficient (Wildman–Crippen LogP) is 3.43. The minimum atomic E-state index is -0.370. The highest BCUT2D eigenvalue weighted by Gasteiger charge is 2.61. The predicted molar refractivity (Wildman–Crippen MR) is 97.7 cm³/mol. The fourth-order valence-corrected chi connectivity index (χ4v) is 7.04. The van der Waals surface area contributed by atoms with Gasteiger partial charge in [0.05, 0.1) is 12.7 Å². The Morgan fingerprint density at radius 2 is 2.12 bits per heavy atom. The molecule has 0 unspecified atom stereocenters. The molecule has 3 fully saturated rings. The molecule has 4 aliphatic carbocycles. The van der Waals surface area contributed by atoms with Crippen molar-refractivity contribution >= 4 is 5.78 Å². The van der Waals surface area contributed by atoms with Gasteiger partial charge in [0.2, 0.25) is 0 Å². The van der Waals surface area contributed by atoms with Gasteiger partial charge in [-0.2, -0.15) is 0 Å². The number of hydrogen-bond acceptors (Lipinski definition) is 3. The van der Waals surface area contributed by atoms with Crippen LogP contribution in [0.3, 0.4) is 0 Å². The summed E-state index contributed by atoms with van der Waals surface area (Å²) in [6, 6.07) is 0. The van der Waals surface area contributed by atoms with Gasteiger partial charge < -0.3 is 10.2 Å². The molecule has 7 atom stereocenters. The van der Waals surface area contributed by atoms with Crippen molar-refractivity contribution in [1.29, 1.82) is 0 Å². The van der Waals surface area contributed by atoms with Gasteiger partial charge in [0, 0.05) is 11.3 Å². The molecule has 0 spiro atoms. The maximum absolute atomic E-state index is 11.9. The molecule has 0 saturated heterocycles. The fraction of sp³-hybridized carbons (Fsp3) is 0.682. The Kier molecular flexibility index (Phi) is 3.90. The van der Waals surface area contributed by atoms with E-state index in [-0.39, 0.29) is 35.2 Å². The Morgan fingerprint density at radius 1 is 1.36 bits per heavy atom. The van der Waals surface area contributed by atoms with Gasteiger partial charge in [0.15, 0.2) is 5.78 Å². The van der Waals surface area contributed by atoms with Gasteiger partial charge in [-0.3, -0.25) is 4.79 Å². The Morgan fingerprint density at radius 3 is 2.84 bits per heavy atom. The summed E-state index contributed by atoms with van der Waals surface area (Å²) in [5, 5.41) is 20.6. The van der Waals surface area contributed by atoms with E-state index in [1.165, 1.54) is 11.1 Å². The van der Waals surface area contributed by atoms with E-state index in [1.807, 2.05) is 12.2 Å². The summed E-state index contributed by atoms with van der Waals surface area (Å²) in [5.74, 6) is 1.67. The van der Waals surface area contributed by atoms with Crippen molar-refractivity contribution < 1.29 is 15.0 Å². The lowest BCUT2D eigenvalue weighted by Crippen LogP contribution is -2.56. The largest absolute Gasteiger partial charge is 0.393 e. The van der Waals surface area contributed by atoms with Crippen LogP contribution in [0.15, 0.2) is 35.5 Å². The first kappa shape index (κ1) is 17.2. The van der Waals surface area contributed by atoms with Crippen LogP contribution in [0.5, 0.6) is 0 Å². The second-order valence-electron chi connectivity index (χ2n) is 9.19. The van der Waals surface area contributed by atoms with Crippen molar-refractivity contribution in [2.24, 2.45) is 34.5 Å². The van der Waals surface area contributed by atoms with E-state index in [0.717, 1.165) is 25.7 Å². The Bertz CT molecular complexity index is 687. The van der Waals surface area contributed by atoms with Crippen LogP contribution in [0.2, 0.25) is 0 Å². The zero-order valence-corrected chi connectivity index (χ0v) is 15.5. The third-order valence-electron chi connectivity index (χ3n) is 8.00. The first-order chi connectivity index (χ1) is 11.8. The first-order valence-electron chi connectivity index (χ1n) is 9.75. The molecule has 4 rings (SSSR count). The molecule has 0 aliphatic heterocycles. The highest BCUT2D eigenvalue weighted by Crippen LogP contribution is 2.66. The fourth-order valence-electron chi connectivity index (χ4n) is 7.04. The van der Waals surface area contributed by atoms with Crippen molar-refractivity contribution in [2.75, 3.05) is 6.61 Å². The van der Waals surface area contributed by atoms with Crippen molar-refractivity contribution in [2.45, 2.75) is 52.6 Å². The molecule has 0 aromatic heterocycles. The third-order valence-corrected chi connectivity index (χ3v) is 8.00. The Hall–Kier alpha value is -1.19. The Labute approximate surface area is 150 Å². The van der Waals surface area contributed by atoms with E-state index in [9.17, 15) is 15.0 Å². The van der Waals surface area contributed by atoms with Crippen LogP contribution in [-0.4, -0.2) is 28.7 Å². The van der Waals surface area contributed by atoms with Crippen LogP contribution in [0.1, 0.15) is 46.5 Å². The minimum absolute atomic E-state index is 0.00874. The normalized spacial score (nSPS) is 50.3. The maximum atomic E-state index is 11.9. The average molecular weight is 342 g/mol. The standard InChI is InChI=1S/C22H30O3/c1-13-10-16-17-5-4-14(7-9-23)22(17,3)12-19(25)20(16)21(2)8-6-15(24)11-18(13)21/h6-8,11,13,16-17,19-20,23,25H,4-5,9-10,12H2,1-3H3/b14-7+/t13-,16-,17-,19-,20+,21-,22+/m0/s1. The number of ketones is 1. The smallest absolute Gasteiger partial charge is 0.178 e. The summed E-state index contributed by atoms with van der Waals surface area (Å²) in [5.41, 5.74) is 2.36. The SMILES string of the molecule is C[C@H]1C[C@@H]2[C@H]([C@@H](O)C[C@]3(C)/C(=C/CO)CC[C@@H]23)[C@@]2(C)C=CC(=O)C=C12. The number of rotatable bonds is 1. The van der Waals surface area contributed by atoms with E-state index < -0.39 is 0 Å². The molecule has 2 N–H and O–H groups in total. The van der Waals surface area contributed by atoms with Gasteiger partial charge in [0.1, 0.15) is 0 Å². The monoisotopic (exact) mass is 342 g/mol. The van der Waals surface area contributed by atoms with Gasteiger partial charge in [-0.05, 0) is 61.0 Å². The van der Waals surface area contributed by atoms with E-state index in [1.54, 1.807) is 6.08 Å². The summed E-state index contributed by atoms with van der Waals surface area (Å²) in [7, 11) is 0.